The van der Waals surface area contributed by atoms with Crippen molar-refractivity contribution in [3.63, 3.8) is 0 Å². The van der Waals surface area contributed by atoms with E-state index in [0.717, 1.165) is 34.3 Å². The molecule has 1 aromatic carbocycles. The third-order valence-corrected chi connectivity index (χ3v) is 6.13. The molecule has 2 aliphatic rings. The highest BCUT2D eigenvalue weighted by Gasteiger charge is 2.42. The lowest BCUT2D eigenvalue weighted by atomic mass is 9.84. The standard InChI is InChI=1S/C20H25N3O/c1-11-12(2)22-19-10-16(6-7-18(19)21-11)20(24)23-13(3)17-9-14-4-5-15(17)8-14/h6-7,10,13-15,17H,4-5,8-9H2,1-3H3,(H,23,24)/t13-,14-,15-,17+/m0/s1. The van der Waals surface area contributed by atoms with Crippen molar-refractivity contribution in [1.82, 2.24) is 15.3 Å². The summed E-state index contributed by atoms with van der Waals surface area (Å²) in [4.78, 5) is 21.7. The molecule has 2 saturated carbocycles. The number of benzene rings is 1. The first-order valence-electron chi connectivity index (χ1n) is 9.07. The number of carbonyl (C=O) groups is 1. The van der Waals surface area contributed by atoms with E-state index in [1.165, 1.54) is 25.7 Å². The second-order valence-corrected chi connectivity index (χ2v) is 7.70. The second kappa shape index (κ2) is 5.83. The van der Waals surface area contributed by atoms with Crippen LogP contribution in [0.25, 0.3) is 11.0 Å². The van der Waals surface area contributed by atoms with Gasteiger partial charge in [-0.3, -0.25) is 4.79 Å². The monoisotopic (exact) mass is 323 g/mol. The maximum absolute atomic E-state index is 12.7. The molecule has 4 nitrogen and oxygen atoms in total. The molecule has 1 aromatic heterocycles. The minimum absolute atomic E-state index is 0.00667. The van der Waals surface area contributed by atoms with E-state index >= 15 is 0 Å². The summed E-state index contributed by atoms with van der Waals surface area (Å²) in [5, 5.41) is 3.23. The lowest BCUT2D eigenvalue weighted by Gasteiger charge is -2.28. The van der Waals surface area contributed by atoms with E-state index < -0.39 is 0 Å². The molecular weight excluding hydrogens is 298 g/mol. The van der Waals surface area contributed by atoms with E-state index in [2.05, 4.69) is 22.2 Å². The minimum atomic E-state index is 0.00667. The average molecular weight is 323 g/mol. The van der Waals surface area contributed by atoms with Crippen molar-refractivity contribution in [3.8, 4) is 0 Å². The van der Waals surface area contributed by atoms with Crippen LogP contribution in [0.15, 0.2) is 18.2 Å². The Bertz CT molecular complexity index is 801. The summed E-state index contributed by atoms with van der Waals surface area (Å²) in [5.41, 5.74) is 4.16. The number of fused-ring (bicyclic) bond motifs is 3. The molecule has 4 atom stereocenters. The Morgan fingerprint density at radius 1 is 1.12 bits per heavy atom. The first-order chi connectivity index (χ1) is 11.5. The molecule has 4 heteroatoms. The molecule has 1 N–H and O–H groups in total. The highest BCUT2D eigenvalue weighted by Crippen LogP contribution is 2.49. The van der Waals surface area contributed by atoms with E-state index in [9.17, 15) is 4.79 Å². The van der Waals surface area contributed by atoms with Gasteiger partial charge in [0.05, 0.1) is 22.4 Å². The fourth-order valence-electron chi connectivity index (χ4n) is 4.68. The van der Waals surface area contributed by atoms with Crippen molar-refractivity contribution >= 4 is 16.9 Å². The van der Waals surface area contributed by atoms with Gasteiger partial charge in [0.15, 0.2) is 0 Å². The van der Waals surface area contributed by atoms with E-state index in [4.69, 9.17) is 0 Å². The first-order valence-corrected chi connectivity index (χ1v) is 9.07. The summed E-state index contributed by atoms with van der Waals surface area (Å²) in [7, 11) is 0. The molecule has 2 bridgehead atoms. The summed E-state index contributed by atoms with van der Waals surface area (Å²) in [6.07, 6.45) is 5.40. The summed E-state index contributed by atoms with van der Waals surface area (Å²) in [6.45, 7) is 6.07. The molecule has 2 aromatic rings. The zero-order chi connectivity index (χ0) is 16.8. The van der Waals surface area contributed by atoms with Gasteiger partial charge in [0.25, 0.3) is 5.91 Å². The minimum Gasteiger partial charge on any atom is -0.349 e. The Morgan fingerprint density at radius 2 is 1.88 bits per heavy atom. The van der Waals surface area contributed by atoms with Crippen LogP contribution in [0.1, 0.15) is 54.4 Å². The lowest BCUT2D eigenvalue weighted by Crippen LogP contribution is -2.40. The van der Waals surface area contributed by atoms with Gasteiger partial charge in [-0.25, -0.2) is 9.97 Å². The number of rotatable bonds is 3. The van der Waals surface area contributed by atoms with Crippen LogP contribution < -0.4 is 5.32 Å². The predicted molar refractivity (Wildman–Crippen MR) is 94.9 cm³/mol. The molecule has 0 radical (unpaired) electrons. The Kier molecular flexibility index (Phi) is 3.78. The molecule has 126 valence electrons. The quantitative estimate of drug-likeness (QED) is 0.934. The van der Waals surface area contributed by atoms with Crippen LogP contribution in [0.4, 0.5) is 0 Å². The van der Waals surface area contributed by atoms with Gasteiger partial charge in [0.1, 0.15) is 0 Å². The van der Waals surface area contributed by atoms with Crippen molar-refractivity contribution in [1.29, 1.82) is 0 Å². The van der Waals surface area contributed by atoms with Crippen LogP contribution in [0.3, 0.4) is 0 Å². The zero-order valence-electron chi connectivity index (χ0n) is 14.7. The summed E-state index contributed by atoms with van der Waals surface area (Å²) in [6, 6.07) is 5.85. The largest absolute Gasteiger partial charge is 0.349 e. The van der Waals surface area contributed by atoms with Crippen molar-refractivity contribution in [2.75, 3.05) is 0 Å². The third kappa shape index (κ3) is 2.68. The van der Waals surface area contributed by atoms with E-state index in [0.29, 0.717) is 11.5 Å². The molecule has 0 spiro atoms. The molecule has 0 saturated heterocycles. The van der Waals surface area contributed by atoms with Crippen LogP contribution >= 0.6 is 0 Å². The zero-order valence-corrected chi connectivity index (χ0v) is 14.7. The SMILES string of the molecule is Cc1nc2ccc(C(=O)N[C@@H](C)[C@H]3C[C@H]4CC[C@H]3C4)cc2nc1C. The van der Waals surface area contributed by atoms with Crippen LogP contribution in [0.2, 0.25) is 0 Å². The van der Waals surface area contributed by atoms with Crippen LogP contribution in [-0.4, -0.2) is 21.9 Å². The normalized spacial score (nSPS) is 26.7. The summed E-state index contributed by atoms with van der Waals surface area (Å²) in [5.74, 6) is 2.38. The molecule has 2 aliphatic carbocycles. The second-order valence-electron chi connectivity index (χ2n) is 7.70. The third-order valence-electron chi connectivity index (χ3n) is 6.13. The lowest BCUT2D eigenvalue weighted by molar-refractivity contribution is 0.0915. The number of hydrogen-bond donors (Lipinski definition) is 1. The molecule has 1 heterocycles. The molecule has 0 aliphatic heterocycles. The Morgan fingerprint density at radius 3 is 2.54 bits per heavy atom. The predicted octanol–water partition coefficient (Wildman–Crippen LogP) is 3.80. The average Bonchev–Trinajstić information content (AvgIpc) is 3.18. The highest BCUT2D eigenvalue weighted by molar-refractivity contribution is 5.97. The van der Waals surface area contributed by atoms with E-state index in [-0.39, 0.29) is 11.9 Å². The number of hydrogen-bond acceptors (Lipinski definition) is 3. The number of amides is 1. The number of nitrogens with zero attached hydrogens (tertiary/aromatic N) is 2. The van der Waals surface area contributed by atoms with Crippen molar-refractivity contribution < 1.29 is 4.79 Å². The Labute approximate surface area is 143 Å². The summed E-state index contributed by atoms with van der Waals surface area (Å²) < 4.78 is 0. The molecule has 0 unspecified atom stereocenters. The number of carbonyl (C=O) groups excluding carboxylic acids is 1. The van der Waals surface area contributed by atoms with E-state index in [1.54, 1.807) is 0 Å². The van der Waals surface area contributed by atoms with Crippen molar-refractivity contribution in [2.45, 2.75) is 52.5 Å². The van der Waals surface area contributed by atoms with Crippen LogP contribution in [-0.2, 0) is 0 Å². The molecule has 2 fully saturated rings. The van der Waals surface area contributed by atoms with Gasteiger partial charge in [-0.15, -0.1) is 0 Å². The molecule has 24 heavy (non-hydrogen) atoms. The summed E-state index contributed by atoms with van der Waals surface area (Å²) >= 11 is 0. The van der Waals surface area contributed by atoms with E-state index in [1.807, 2.05) is 32.0 Å². The van der Waals surface area contributed by atoms with Gasteiger partial charge in [-0.05, 0) is 76.0 Å². The van der Waals surface area contributed by atoms with Crippen LogP contribution in [0.5, 0.6) is 0 Å². The van der Waals surface area contributed by atoms with Gasteiger partial charge < -0.3 is 5.32 Å². The first kappa shape index (κ1) is 15.6. The molecule has 1 amide bonds. The number of nitrogens with one attached hydrogen (secondary N) is 1. The number of aryl methyl sites for hydroxylation is 2. The van der Waals surface area contributed by atoms with Gasteiger partial charge >= 0.3 is 0 Å². The van der Waals surface area contributed by atoms with Crippen LogP contribution in [0, 0.1) is 31.6 Å². The van der Waals surface area contributed by atoms with Crippen molar-refractivity contribution in [3.05, 3.63) is 35.2 Å². The van der Waals surface area contributed by atoms with Crippen molar-refractivity contribution in [2.24, 2.45) is 17.8 Å². The smallest absolute Gasteiger partial charge is 0.251 e. The topological polar surface area (TPSA) is 54.9 Å². The van der Waals surface area contributed by atoms with Gasteiger partial charge in [-0.1, -0.05) is 6.42 Å². The highest BCUT2D eigenvalue weighted by atomic mass is 16.1. The Balaban J connectivity index is 1.51. The van der Waals surface area contributed by atoms with Gasteiger partial charge in [-0.2, -0.15) is 0 Å². The maximum Gasteiger partial charge on any atom is 0.251 e. The van der Waals surface area contributed by atoms with Gasteiger partial charge in [0.2, 0.25) is 0 Å². The molecule has 4 rings (SSSR count). The fourth-order valence-corrected chi connectivity index (χ4v) is 4.68. The Hall–Kier alpha value is -1.97. The molecular formula is C20H25N3O. The number of aromatic nitrogens is 2. The maximum atomic E-state index is 12.7. The van der Waals surface area contributed by atoms with Gasteiger partial charge in [0, 0.05) is 11.6 Å². The fraction of sp³-hybridized carbons (Fsp3) is 0.550.